The summed E-state index contributed by atoms with van der Waals surface area (Å²) in [5.74, 6) is -21.6. The molecule has 130 valence electrons. The van der Waals surface area contributed by atoms with Crippen molar-refractivity contribution in [1.29, 1.82) is 0 Å². The molecule has 0 saturated carbocycles. The Bertz CT molecular complexity index is 471. The van der Waals surface area contributed by atoms with Crippen molar-refractivity contribution in [3.8, 4) is 0 Å². The fourth-order valence-electron chi connectivity index (χ4n) is 1.39. The van der Waals surface area contributed by atoms with Crippen molar-refractivity contribution in [2.75, 3.05) is 7.11 Å². The van der Waals surface area contributed by atoms with Crippen molar-refractivity contribution in [2.45, 2.75) is 30.0 Å². The molecule has 0 spiro atoms. The minimum atomic E-state index is -6.89. The molecule has 22 heavy (non-hydrogen) atoms. The largest absolute Gasteiger partial charge is 0.413 e. The number of alkyl halides is 10. The maximum absolute atomic E-state index is 13.1. The molecule has 0 aromatic rings. The normalized spacial score (nSPS) is 26.9. The van der Waals surface area contributed by atoms with E-state index in [4.69, 9.17) is 0 Å². The van der Waals surface area contributed by atoms with E-state index in [1.165, 1.54) is 0 Å². The maximum Gasteiger partial charge on any atom is 0.413 e. The van der Waals surface area contributed by atoms with Crippen LogP contribution in [0.1, 0.15) is 0 Å². The number of ether oxygens (including phenoxy) is 1. The highest BCUT2D eigenvalue weighted by molar-refractivity contribution is 5.20. The predicted molar refractivity (Wildman–Crippen MR) is 42.8 cm³/mol. The van der Waals surface area contributed by atoms with Gasteiger partial charge in [-0.15, -0.1) is 0 Å². The van der Waals surface area contributed by atoms with Crippen LogP contribution in [0.5, 0.6) is 0 Å². The Morgan fingerprint density at radius 1 is 0.818 bits per heavy atom. The molecular weight excluding hydrogens is 354 g/mol. The molecule has 0 radical (unpaired) electrons. The quantitative estimate of drug-likeness (QED) is 0.557. The Labute approximate surface area is 112 Å². The summed E-state index contributed by atoms with van der Waals surface area (Å²) in [7, 11) is -0.0314. The van der Waals surface area contributed by atoms with Crippen molar-refractivity contribution in [2.24, 2.45) is 0 Å². The monoisotopic (exact) mass is 357 g/mol. The third-order valence-electron chi connectivity index (χ3n) is 2.60. The topological polar surface area (TPSA) is 12.5 Å². The van der Waals surface area contributed by atoms with E-state index in [-0.39, 0.29) is 7.11 Å². The van der Waals surface area contributed by atoms with E-state index in [0.717, 1.165) is 0 Å². The molecule has 0 unspecified atom stereocenters. The van der Waals surface area contributed by atoms with Gasteiger partial charge in [0.25, 0.3) is 5.83 Å². The third-order valence-corrected chi connectivity index (χ3v) is 2.60. The standard InChI is InChI=1S/C8H3F12NO/c1-22-4(11,12)2(9)3(10)21-7(17,18)5(13,14)6(15,16)8(21,19)20/h1H3/b3-2-. The lowest BCUT2D eigenvalue weighted by Crippen LogP contribution is -2.51. The zero-order valence-corrected chi connectivity index (χ0v) is 9.89. The first-order valence-corrected chi connectivity index (χ1v) is 4.80. The minimum absolute atomic E-state index is 0.0314. The molecule has 0 amide bonds. The Balaban J connectivity index is 3.63. The summed E-state index contributed by atoms with van der Waals surface area (Å²) in [6.45, 7) is 0. The maximum atomic E-state index is 13.1. The van der Waals surface area contributed by atoms with Gasteiger partial charge in [-0.1, -0.05) is 0 Å². The second-order valence-corrected chi connectivity index (χ2v) is 3.89. The van der Waals surface area contributed by atoms with Gasteiger partial charge >= 0.3 is 30.0 Å². The SMILES string of the molecule is COC(F)(F)/C(F)=C(\F)N1C(F)(F)C(F)(F)C(F)(F)C1(F)F. The van der Waals surface area contributed by atoms with E-state index in [1.807, 2.05) is 0 Å². The third kappa shape index (κ3) is 1.95. The van der Waals surface area contributed by atoms with Crippen molar-refractivity contribution in [3.05, 3.63) is 11.8 Å². The van der Waals surface area contributed by atoms with Crippen molar-refractivity contribution < 1.29 is 57.4 Å². The van der Waals surface area contributed by atoms with Crippen molar-refractivity contribution in [3.63, 3.8) is 0 Å². The fourth-order valence-corrected chi connectivity index (χ4v) is 1.39. The summed E-state index contributed by atoms with van der Waals surface area (Å²) >= 11 is 0. The number of hydrogen-bond donors (Lipinski definition) is 0. The molecule has 1 heterocycles. The van der Waals surface area contributed by atoms with E-state index < -0.39 is 46.7 Å². The fraction of sp³-hybridized carbons (Fsp3) is 0.750. The van der Waals surface area contributed by atoms with Gasteiger partial charge in [-0.05, 0) is 0 Å². The van der Waals surface area contributed by atoms with Crippen LogP contribution in [0.25, 0.3) is 0 Å². The van der Waals surface area contributed by atoms with Gasteiger partial charge in [-0.3, -0.25) is 0 Å². The summed E-state index contributed by atoms with van der Waals surface area (Å²) in [6.07, 6.45) is -5.44. The molecule has 1 aliphatic rings. The van der Waals surface area contributed by atoms with Gasteiger partial charge in [0.1, 0.15) is 0 Å². The molecule has 0 atom stereocenters. The summed E-state index contributed by atoms with van der Waals surface area (Å²) in [5, 5.41) is 0. The van der Waals surface area contributed by atoms with Gasteiger partial charge in [-0.25, -0.2) is 4.90 Å². The second kappa shape index (κ2) is 4.58. The highest BCUT2D eigenvalue weighted by atomic mass is 19.4. The van der Waals surface area contributed by atoms with Crippen LogP contribution in [0, 0.1) is 0 Å². The summed E-state index contributed by atoms with van der Waals surface area (Å²) in [4.78, 5) is -3.04. The first-order chi connectivity index (χ1) is 9.50. The van der Waals surface area contributed by atoms with Crippen molar-refractivity contribution >= 4 is 0 Å². The Hall–Kier alpha value is -1.34. The Morgan fingerprint density at radius 2 is 1.14 bits per heavy atom. The van der Waals surface area contributed by atoms with Crippen LogP contribution in [-0.4, -0.2) is 42.1 Å². The van der Waals surface area contributed by atoms with Crippen LogP contribution >= 0.6 is 0 Å². The molecule has 1 rings (SSSR count). The number of methoxy groups -OCH3 is 1. The summed E-state index contributed by atoms with van der Waals surface area (Å²) < 4.78 is 157. The minimum Gasteiger partial charge on any atom is -0.318 e. The zero-order chi connectivity index (χ0) is 17.9. The molecule has 2 nitrogen and oxygen atoms in total. The lowest BCUT2D eigenvalue weighted by Gasteiger charge is -2.29. The van der Waals surface area contributed by atoms with Gasteiger partial charge in [0.05, 0.1) is 0 Å². The van der Waals surface area contributed by atoms with Gasteiger partial charge in [0.2, 0.25) is 5.95 Å². The molecule has 0 aromatic heterocycles. The van der Waals surface area contributed by atoms with Gasteiger partial charge < -0.3 is 4.74 Å². The predicted octanol–water partition coefficient (Wildman–Crippen LogP) is 4.11. The lowest BCUT2D eigenvalue weighted by atomic mass is 10.2. The first kappa shape index (κ1) is 18.7. The number of likely N-dealkylation sites (tertiary alicyclic amines) is 1. The van der Waals surface area contributed by atoms with Gasteiger partial charge in [0, 0.05) is 7.11 Å². The smallest absolute Gasteiger partial charge is 0.318 e. The Kier molecular flexibility index (Phi) is 3.89. The molecule has 1 fully saturated rings. The van der Waals surface area contributed by atoms with E-state index >= 15 is 0 Å². The Morgan fingerprint density at radius 3 is 1.41 bits per heavy atom. The van der Waals surface area contributed by atoms with Crippen LogP contribution < -0.4 is 0 Å². The van der Waals surface area contributed by atoms with Gasteiger partial charge in [-0.2, -0.15) is 52.7 Å². The second-order valence-electron chi connectivity index (χ2n) is 3.89. The van der Waals surface area contributed by atoms with Crippen LogP contribution in [-0.2, 0) is 4.74 Å². The average molecular weight is 357 g/mol. The van der Waals surface area contributed by atoms with E-state index in [2.05, 4.69) is 4.74 Å². The number of nitrogens with zero attached hydrogens (tertiary/aromatic N) is 1. The van der Waals surface area contributed by atoms with Crippen LogP contribution in [0.2, 0.25) is 0 Å². The van der Waals surface area contributed by atoms with Crippen molar-refractivity contribution in [1.82, 2.24) is 4.90 Å². The molecular formula is C8H3F12NO. The van der Waals surface area contributed by atoms with Gasteiger partial charge in [0.15, 0.2) is 0 Å². The molecule has 0 aromatic carbocycles. The number of halogens is 12. The van der Waals surface area contributed by atoms with E-state index in [0.29, 0.717) is 0 Å². The molecule has 14 heteroatoms. The average Bonchev–Trinajstić information content (AvgIpc) is 2.42. The molecule has 1 saturated heterocycles. The van der Waals surface area contributed by atoms with E-state index in [1.54, 1.807) is 0 Å². The highest BCUT2D eigenvalue weighted by Crippen LogP contribution is 2.64. The lowest BCUT2D eigenvalue weighted by molar-refractivity contribution is -0.303. The summed E-state index contributed by atoms with van der Waals surface area (Å²) in [6, 6.07) is -13.4. The molecule has 0 bridgehead atoms. The van der Waals surface area contributed by atoms with Crippen LogP contribution in [0.15, 0.2) is 11.8 Å². The summed E-state index contributed by atoms with van der Waals surface area (Å²) in [5.41, 5.74) is 0. The number of hydrogen-bond acceptors (Lipinski definition) is 2. The number of rotatable bonds is 3. The highest BCUT2D eigenvalue weighted by Gasteiger charge is 2.94. The first-order valence-electron chi connectivity index (χ1n) is 4.80. The molecule has 1 aliphatic heterocycles. The molecule has 0 N–H and O–H groups in total. The molecule has 0 aliphatic carbocycles. The zero-order valence-electron chi connectivity index (χ0n) is 9.89. The van der Waals surface area contributed by atoms with Crippen LogP contribution in [0.3, 0.4) is 0 Å². The van der Waals surface area contributed by atoms with E-state index in [9.17, 15) is 52.7 Å². The van der Waals surface area contributed by atoms with Crippen LogP contribution in [0.4, 0.5) is 52.7 Å².